The van der Waals surface area contributed by atoms with Crippen LogP contribution in [0.25, 0.3) is 0 Å². The third-order valence-corrected chi connectivity index (χ3v) is 4.31. The summed E-state index contributed by atoms with van der Waals surface area (Å²) >= 11 is 3.47. The van der Waals surface area contributed by atoms with Gasteiger partial charge in [0, 0.05) is 23.0 Å². The van der Waals surface area contributed by atoms with E-state index in [1.165, 1.54) is 5.56 Å². The second-order valence-electron chi connectivity index (χ2n) is 5.49. The van der Waals surface area contributed by atoms with E-state index in [1.54, 1.807) is 6.33 Å². The Hall–Kier alpha value is -1.20. The average Bonchev–Trinajstić information content (AvgIpc) is 2.89. The largest absolute Gasteiger partial charge is 0.309 e. The summed E-state index contributed by atoms with van der Waals surface area (Å²) in [6.45, 7) is 3.18. The molecule has 1 aliphatic heterocycles. The van der Waals surface area contributed by atoms with E-state index in [1.807, 2.05) is 4.68 Å². The van der Waals surface area contributed by atoms with Crippen LogP contribution in [0.1, 0.15) is 24.7 Å². The summed E-state index contributed by atoms with van der Waals surface area (Å²) in [5, 5.41) is 7.98. The van der Waals surface area contributed by atoms with Gasteiger partial charge in [-0.2, -0.15) is 5.10 Å². The van der Waals surface area contributed by atoms with Gasteiger partial charge in [-0.05, 0) is 37.5 Å². The van der Waals surface area contributed by atoms with E-state index in [9.17, 15) is 0 Å². The van der Waals surface area contributed by atoms with Crippen LogP contribution in [0.2, 0.25) is 0 Å². The first kappa shape index (κ1) is 13.8. The first-order valence-electron chi connectivity index (χ1n) is 7.08. The van der Waals surface area contributed by atoms with Gasteiger partial charge in [-0.3, -0.25) is 0 Å². The van der Waals surface area contributed by atoms with Gasteiger partial charge in [-0.1, -0.05) is 28.1 Å². The van der Waals surface area contributed by atoms with Crippen molar-refractivity contribution >= 4 is 15.9 Å². The molecule has 0 unspecified atom stereocenters. The quantitative estimate of drug-likeness (QED) is 0.934. The van der Waals surface area contributed by atoms with Crippen molar-refractivity contribution in [1.29, 1.82) is 0 Å². The maximum atomic E-state index is 4.27. The second kappa shape index (κ2) is 6.06. The average molecular weight is 335 g/mol. The lowest BCUT2D eigenvalue weighted by Gasteiger charge is -2.27. The molecule has 2 atom stereocenters. The van der Waals surface area contributed by atoms with Crippen molar-refractivity contribution in [2.75, 3.05) is 0 Å². The predicted octanol–water partition coefficient (Wildman–Crippen LogP) is 2.58. The molecule has 1 aliphatic rings. The molecule has 5 heteroatoms. The van der Waals surface area contributed by atoms with Gasteiger partial charge >= 0.3 is 0 Å². The predicted molar refractivity (Wildman–Crippen MR) is 82.6 cm³/mol. The fourth-order valence-corrected chi connectivity index (χ4v) is 3.07. The lowest BCUT2D eigenvalue weighted by atomic mass is 10.0. The van der Waals surface area contributed by atoms with Crippen LogP contribution in [0.3, 0.4) is 0 Å². The van der Waals surface area contributed by atoms with Crippen LogP contribution >= 0.6 is 15.9 Å². The van der Waals surface area contributed by atoms with E-state index >= 15 is 0 Å². The third kappa shape index (κ3) is 3.27. The maximum Gasteiger partial charge on any atom is 0.138 e. The first-order valence-corrected chi connectivity index (χ1v) is 7.87. The molecule has 0 fully saturated rings. The summed E-state index contributed by atoms with van der Waals surface area (Å²) in [6, 6.07) is 9.52. The summed E-state index contributed by atoms with van der Waals surface area (Å²) in [5.74, 6) is 1.11. The molecule has 3 rings (SSSR count). The smallest absolute Gasteiger partial charge is 0.138 e. The van der Waals surface area contributed by atoms with Gasteiger partial charge in [0.2, 0.25) is 0 Å². The van der Waals surface area contributed by atoms with E-state index in [-0.39, 0.29) is 0 Å². The van der Waals surface area contributed by atoms with Crippen molar-refractivity contribution < 1.29 is 0 Å². The van der Waals surface area contributed by atoms with E-state index in [0.717, 1.165) is 36.1 Å². The summed E-state index contributed by atoms with van der Waals surface area (Å²) in [7, 11) is 0. The number of rotatable bonds is 4. The molecular weight excluding hydrogens is 316 g/mol. The van der Waals surface area contributed by atoms with E-state index < -0.39 is 0 Å². The second-order valence-corrected chi connectivity index (χ2v) is 6.41. The lowest BCUT2D eigenvalue weighted by Crippen LogP contribution is -2.43. The molecular formula is C15H19BrN4. The number of nitrogens with one attached hydrogen (secondary N) is 1. The molecule has 2 heterocycles. The lowest BCUT2D eigenvalue weighted by molar-refractivity contribution is 0.331. The Morgan fingerprint density at radius 2 is 2.20 bits per heavy atom. The van der Waals surface area contributed by atoms with Gasteiger partial charge in [0.25, 0.3) is 0 Å². The minimum absolute atomic E-state index is 0.464. The van der Waals surface area contributed by atoms with Crippen molar-refractivity contribution in [3.63, 3.8) is 0 Å². The monoisotopic (exact) mass is 334 g/mol. The Balaban J connectivity index is 1.54. The summed E-state index contributed by atoms with van der Waals surface area (Å²) in [6.07, 6.45) is 4.86. The topological polar surface area (TPSA) is 42.7 Å². The Morgan fingerprint density at radius 3 is 3.00 bits per heavy atom. The number of nitrogens with zero attached hydrogens (tertiary/aromatic N) is 3. The van der Waals surface area contributed by atoms with Crippen LogP contribution in [0.15, 0.2) is 35.1 Å². The Kier molecular flexibility index (Phi) is 4.17. The molecule has 4 nitrogen and oxygen atoms in total. The molecule has 1 aromatic heterocycles. The van der Waals surface area contributed by atoms with Crippen molar-refractivity contribution in [2.45, 2.75) is 44.8 Å². The van der Waals surface area contributed by atoms with E-state index in [4.69, 9.17) is 0 Å². The van der Waals surface area contributed by atoms with Crippen molar-refractivity contribution in [2.24, 2.45) is 0 Å². The van der Waals surface area contributed by atoms with Crippen LogP contribution in [0, 0.1) is 0 Å². The van der Waals surface area contributed by atoms with Gasteiger partial charge in [0.1, 0.15) is 12.2 Å². The molecule has 0 spiro atoms. The van der Waals surface area contributed by atoms with Gasteiger partial charge in [0.05, 0.1) is 6.54 Å². The van der Waals surface area contributed by atoms with Crippen LogP contribution in [-0.4, -0.2) is 26.8 Å². The van der Waals surface area contributed by atoms with Gasteiger partial charge in [-0.15, -0.1) is 0 Å². The molecule has 0 bridgehead atoms. The van der Waals surface area contributed by atoms with E-state index in [2.05, 4.69) is 62.5 Å². The fraction of sp³-hybridized carbons (Fsp3) is 0.467. The minimum atomic E-state index is 0.464. The van der Waals surface area contributed by atoms with Crippen LogP contribution in [0.4, 0.5) is 0 Å². The summed E-state index contributed by atoms with van der Waals surface area (Å²) in [4.78, 5) is 4.27. The molecule has 1 aromatic carbocycles. The Morgan fingerprint density at radius 1 is 1.40 bits per heavy atom. The third-order valence-electron chi connectivity index (χ3n) is 3.78. The number of hydrogen-bond donors (Lipinski definition) is 1. The highest BCUT2D eigenvalue weighted by Crippen LogP contribution is 2.14. The highest BCUT2D eigenvalue weighted by Gasteiger charge is 2.20. The SMILES string of the molecule is C[C@H](Cc1ccc(Br)cc1)N[C@@H]1CCc2ncnn2C1. The number of aromatic nitrogens is 3. The molecule has 0 amide bonds. The van der Waals surface area contributed by atoms with Crippen molar-refractivity contribution in [1.82, 2.24) is 20.1 Å². The normalized spacial score (nSPS) is 19.6. The number of aryl methyl sites for hydroxylation is 1. The number of hydrogen-bond acceptors (Lipinski definition) is 3. The zero-order valence-electron chi connectivity index (χ0n) is 11.6. The summed E-state index contributed by atoms with van der Waals surface area (Å²) in [5.41, 5.74) is 1.37. The van der Waals surface area contributed by atoms with Crippen LogP contribution < -0.4 is 5.32 Å². The molecule has 106 valence electrons. The van der Waals surface area contributed by atoms with Crippen molar-refractivity contribution in [3.05, 3.63) is 46.5 Å². The number of fused-ring (bicyclic) bond motifs is 1. The van der Waals surface area contributed by atoms with Gasteiger partial charge in [-0.25, -0.2) is 9.67 Å². The highest BCUT2D eigenvalue weighted by atomic mass is 79.9. The molecule has 2 aromatic rings. The van der Waals surface area contributed by atoms with Gasteiger partial charge in [0.15, 0.2) is 0 Å². The first-order chi connectivity index (χ1) is 9.70. The minimum Gasteiger partial charge on any atom is -0.309 e. The number of benzene rings is 1. The fourth-order valence-electron chi connectivity index (χ4n) is 2.81. The van der Waals surface area contributed by atoms with E-state index in [0.29, 0.717) is 12.1 Å². The molecule has 0 aliphatic carbocycles. The highest BCUT2D eigenvalue weighted by molar-refractivity contribution is 9.10. The maximum absolute atomic E-state index is 4.27. The zero-order chi connectivity index (χ0) is 13.9. The van der Waals surface area contributed by atoms with Crippen LogP contribution in [-0.2, 0) is 19.4 Å². The standard InChI is InChI=1S/C15H19BrN4/c1-11(8-12-2-4-13(16)5-3-12)19-14-6-7-15-17-10-18-20(15)9-14/h2-5,10-11,14,19H,6-9H2,1H3/t11-,14-/m1/s1. The zero-order valence-corrected chi connectivity index (χ0v) is 13.2. The molecule has 0 saturated heterocycles. The number of halogens is 1. The van der Waals surface area contributed by atoms with Crippen molar-refractivity contribution in [3.8, 4) is 0 Å². The molecule has 1 N–H and O–H groups in total. The molecule has 0 radical (unpaired) electrons. The van der Waals surface area contributed by atoms with Gasteiger partial charge < -0.3 is 5.32 Å². The molecule has 0 saturated carbocycles. The molecule has 20 heavy (non-hydrogen) atoms. The Bertz CT molecular complexity index is 564. The van der Waals surface area contributed by atoms with Crippen LogP contribution in [0.5, 0.6) is 0 Å². The Labute approximate surface area is 127 Å². The summed E-state index contributed by atoms with van der Waals surface area (Å²) < 4.78 is 3.15.